The quantitative estimate of drug-likeness (QED) is 0.569. The summed E-state index contributed by atoms with van der Waals surface area (Å²) in [5.41, 5.74) is 2.89. The summed E-state index contributed by atoms with van der Waals surface area (Å²) in [4.78, 5) is 14.6. The van der Waals surface area contributed by atoms with Gasteiger partial charge in [0.25, 0.3) is 5.91 Å². The third kappa shape index (κ3) is 4.77. The summed E-state index contributed by atoms with van der Waals surface area (Å²) < 4.78 is 11.6. The zero-order chi connectivity index (χ0) is 20.4. The van der Waals surface area contributed by atoms with Crippen LogP contribution in [0.25, 0.3) is 11.5 Å². The number of nitrogens with zero attached hydrogens (tertiary/aromatic N) is 3. The molecule has 0 atom stereocenters. The van der Waals surface area contributed by atoms with Gasteiger partial charge in [0.2, 0.25) is 11.8 Å². The number of rotatable bonds is 7. The molecule has 1 fully saturated rings. The minimum atomic E-state index is -0.0837. The molecule has 3 aromatic rings. The molecule has 0 unspecified atom stereocenters. The average Bonchev–Trinajstić information content (AvgIpc) is 3.45. The first-order valence-corrected chi connectivity index (χ1v) is 9.95. The van der Waals surface area contributed by atoms with Gasteiger partial charge in [0.15, 0.2) is 6.61 Å². The van der Waals surface area contributed by atoms with Crippen LogP contribution in [0, 0.1) is 13.8 Å². The molecule has 1 saturated carbocycles. The first-order valence-electron chi connectivity index (χ1n) is 9.57. The van der Waals surface area contributed by atoms with E-state index in [0.717, 1.165) is 35.3 Å². The SMILES string of the molecule is Cc1ccc(C)c(OCC(=O)N(Cc2nnc(-c3ccc(Cl)cc3)o2)C2CC2)c1. The normalized spacial score (nSPS) is 13.3. The topological polar surface area (TPSA) is 68.5 Å². The van der Waals surface area contributed by atoms with Crippen LogP contribution in [0.5, 0.6) is 5.75 Å². The third-order valence-electron chi connectivity index (χ3n) is 4.87. The Bertz CT molecular complexity index is 1010. The smallest absolute Gasteiger partial charge is 0.261 e. The van der Waals surface area contributed by atoms with E-state index in [0.29, 0.717) is 16.8 Å². The van der Waals surface area contributed by atoms with Crippen molar-refractivity contribution in [2.45, 2.75) is 39.3 Å². The summed E-state index contributed by atoms with van der Waals surface area (Å²) in [6.07, 6.45) is 1.96. The Morgan fingerprint density at radius 3 is 2.66 bits per heavy atom. The largest absolute Gasteiger partial charge is 0.483 e. The van der Waals surface area contributed by atoms with Gasteiger partial charge in [-0.25, -0.2) is 0 Å². The number of benzene rings is 2. The molecule has 1 aliphatic rings. The summed E-state index contributed by atoms with van der Waals surface area (Å²) >= 11 is 5.92. The minimum Gasteiger partial charge on any atom is -0.483 e. The maximum absolute atomic E-state index is 12.8. The van der Waals surface area contributed by atoms with Crippen molar-refractivity contribution in [2.75, 3.05) is 6.61 Å². The number of ether oxygens (including phenoxy) is 1. The molecule has 0 saturated heterocycles. The Labute approximate surface area is 174 Å². The molecule has 1 heterocycles. The molecular formula is C22H22ClN3O3. The molecule has 0 spiro atoms. The summed E-state index contributed by atoms with van der Waals surface area (Å²) in [5.74, 6) is 1.46. The van der Waals surface area contributed by atoms with E-state index in [2.05, 4.69) is 10.2 Å². The number of hydrogen-bond donors (Lipinski definition) is 0. The van der Waals surface area contributed by atoms with Crippen LogP contribution < -0.4 is 4.74 Å². The fourth-order valence-electron chi connectivity index (χ4n) is 3.06. The predicted octanol–water partition coefficient (Wildman–Crippen LogP) is 4.58. The molecule has 1 aromatic heterocycles. The number of aryl methyl sites for hydroxylation is 2. The molecule has 0 radical (unpaired) electrons. The van der Waals surface area contributed by atoms with Crippen molar-refractivity contribution in [1.29, 1.82) is 0 Å². The van der Waals surface area contributed by atoms with E-state index in [-0.39, 0.29) is 25.1 Å². The fourth-order valence-corrected chi connectivity index (χ4v) is 3.19. The Morgan fingerprint density at radius 2 is 1.93 bits per heavy atom. The lowest BCUT2D eigenvalue weighted by molar-refractivity contribution is -0.134. The summed E-state index contributed by atoms with van der Waals surface area (Å²) in [6.45, 7) is 4.23. The average molecular weight is 412 g/mol. The molecule has 29 heavy (non-hydrogen) atoms. The van der Waals surface area contributed by atoms with Gasteiger partial charge >= 0.3 is 0 Å². The lowest BCUT2D eigenvalue weighted by Gasteiger charge is -2.21. The van der Waals surface area contributed by atoms with Crippen molar-refractivity contribution in [3.63, 3.8) is 0 Å². The fraction of sp³-hybridized carbons (Fsp3) is 0.318. The molecule has 1 aliphatic carbocycles. The number of hydrogen-bond acceptors (Lipinski definition) is 5. The lowest BCUT2D eigenvalue weighted by Crippen LogP contribution is -2.36. The maximum Gasteiger partial charge on any atom is 0.261 e. The first kappa shape index (κ1) is 19.5. The number of aromatic nitrogens is 2. The van der Waals surface area contributed by atoms with Gasteiger partial charge in [0.05, 0.1) is 6.54 Å². The van der Waals surface area contributed by atoms with Crippen LogP contribution in [0.3, 0.4) is 0 Å². The van der Waals surface area contributed by atoms with Crippen LogP contribution in [0.1, 0.15) is 29.9 Å². The molecule has 0 N–H and O–H groups in total. The number of amides is 1. The predicted molar refractivity (Wildman–Crippen MR) is 110 cm³/mol. The van der Waals surface area contributed by atoms with Crippen molar-refractivity contribution in [1.82, 2.24) is 15.1 Å². The van der Waals surface area contributed by atoms with Gasteiger partial charge in [-0.1, -0.05) is 23.7 Å². The zero-order valence-electron chi connectivity index (χ0n) is 16.4. The highest BCUT2D eigenvalue weighted by Gasteiger charge is 2.34. The first-order chi connectivity index (χ1) is 14.0. The van der Waals surface area contributed by atoms with Gasteiger partial charge in [-0.3, -0.25) is 4.79 Å². The molecule has 1 amide bonds. The summed E-state index contributed by atoms with van der Waals surface area (Å²) in [7, 11) is 0. The second-order valence-electron chi connectivity index (χ2n) is 7.32. The summed E-state index contributed by atoms with van der Waals surface area (Å²) in [6, 6.07) is 13.3. The minimum absolute atomic E-state index is 0.0149. The number of carbonyl (C=O) groups is 1. The molecule has 0 aliphatic heterocycles. The number of halogens is 1. The Hall–Kier alpha value is -2.86. The van der Waals surface area contributed by atoms with Crippen molar-refractivity contribution in [3.05, 3.63) is 64.5 Å². The van der Waals surface area contributed by atoms with Gasteiger partial charge < -0.3 is 14.1 Å². The highest BCUT2D eigenvalue weighted by Crippen LogP contribution is 2.29. The van der Waals surface area contributed by atoms with Gasteiger partial charge in [-0.15, -0.1) is 10.2 Å². The lowest BCUT2D eigenvalue weighted by atomic mass is 10.1. The maximum atomic E-state index is 12.8. The second-order valence-corrected chi connectivity index (χ2v) is 7.75. The molecule has 6 nitrogen and oxygen atoms in total. The number of carbonyl (C=O) groups excluding carboxylic acids is 1. The van der Waals surface area contributed by atoms with Crippen molar-refractivity contribution in [3.8, 4) is 17.2 Å². The van der Waals surface area contributed by atoms with Crippen LogP contribution in [0.4, 0.5) is 0 Å². The molecular weight excluding hydrogens is 390 g/mol. The van der Waals surface area contributed by atoms with Crippen molar-refractivity contribution in [2.24, 2.45) is 0 Å². The van der Waals surface area contributed by atoms with E-state index in [1.54, 1.807) is 17.0 Å². The van der Waals surface area contributed by atoms with Crippen LogP contribution in [-0.4, -0.2) is 33.7 Å². The molecule has 150 valence electrons. The van der Waals surface area contributed by atoms with Gasteiger partial charge in [-0.05, 0) is 68.1 Å². The van der Waals surface area contributed by atoms with E-state index in [1.807, 2.05) is 44.2 Å². The standard InChI is InChI=1S/C22H22ClN3O3/c1-14-3-4-15(2)19(11-14)28-13-21(27)26(18-9-10-18)12-20-24-25-22(29-20)16-5-7-17(23)8-6-16/h3-8,11,18H,9-10,12-13H2,1-2H3. The molecule has 0 bridgehead atoms. The van der Waals surface area contributed by atoms with E-state index >= 15 is 0 Å². The second kappa shape index (κ2) is 8.25. The highest BCUT2D eigenvalue weighted by atomic mass is 35.5. The van der Waals surface area contributed by atoms with Crippen LogP contribution >= 0.6 is 11.6 Å². The zero-order valence-corrected chi connectivity index (χ0v) is 17.1. The molecule has 7 heteroatoms. The Balaban J connectivity index is 1.42. The van der Waals surface area contributed by atoms with Crippen LogP contribution in [0.15, 0.2) is 46.9 Å². The van der Waals surface area contributed by atoms with Crippen LogP contribution in [0.2, 0.25) is 5.02 Å². The van der Waals surface area contributed by atoms with E-state index in [1.165, 1.54) is 0 Å². The van der Waals surface area contributed by atoms with Gasteiger partial charge in [-0.2, -0.15) is 0 Å². The van der Waals surface area contributed by atoms with E-state index < -0.39 is 0 Å². The molecule has 4 rings (SSSR count). The van der Waals surface area contributed by atoms with Gasteiger partial charge in [0.1, 0.15) is 5.75 Å². The monoisotopic (exact) mass is 411 g/mol. The Kier molecular flexibility index (Phi) is 5.53. The molecule has 2 aromatic carbocycles. The van der Waals surface area contributed by atoms with E-state index in [9.17, 15) is 4.79 Å². The van der Waals surface area contributed by atoms with Crippen LogP contribution in [-0.2, 0) is 11.3 Å². The van der Waals surface area contributed by atoms with Gasteiger partial charge in [0, 0.05) is 16.6 Å². The highest BCUT2D eigenvalue weighted by molar-refractivity contribution is 6.30. The van der Waals surface area contributed by atoms with E-state index in [4.69, 9.17) is 20.8 Å². The van der Waals surface area contributed by atoms with Crippen molar-refractivity contribution >= 4 is 17.5 Å². The van der Waals surface area contributed by atoms with Crippen molar-refractivity contribution < 1.29 is 13.9 Å². The summed E-state index contributed by atoms with van der Waals surface area (Å²) in [5, 5.41) is 8.84. The Morgan fingerprint density at radius 1 is 1.17 bits per heavy atom. The third-order valence-corrected chi connectivity index (χ3v) is 5.12.